The number of carbonyl (C=O) groups excluding carboxylic acids is 3. The number of hydrogen-bond donors (Lipinski definition) is 1. The Morgan fingerprint density at radius 2 is 1.92 bits per heavy atom. The fraction of sp³-hybridized carbons (Fsp3) is 0.611. The highest BCUT2D eigenvalue weighted by molar-refractivity contribution is 6.06. The summed E-state index contributed by atoms with van der Waals surface area (Å²) in [6, 6.07) is -0.550. The molecule has 0 radical (unpaired) electrons. The number of amides is 1. The second kappa shape index (κ2) is 7.20. The highest BCUT2D eigenvalue weighted by atomic mass is 16.5. The van der Waals surface area contributed by atoms with Gasteiger partial charge in [-0.1, -0.05) is 0 Å². The number of H-pyrrole nitrogens is 1. The highest BCUT2D eigenvalue weighted by Crippen LogP contribution is 2.31. The van der Waals surface area contributed by atoms with Crippen LogP contribution in [0.2, 0.25) is 0 Å². The average molecular weight is 334 g/mol. The summed E-state index contributed by atoms with van der Waals surface area (Å²) in [4.78, 5) is 41.5. The standard InChI is InChI=1S/C18H26N2O4/c1-6-24-18(23)16-10(2)15(11(3)19-16)17(22)12(4)20(13(5)21)9-14-7-8-14/h12,14,19H,6-9H2,1-5H3. The molecule has 1 N–H and O–H groups in total. The number of nitrogens with zero attached hydrogens (tertiary/aromatic N) is 1. The van der Waals surface area contributed by atoms with Gasteiger partial charge in [0.25, 0.3) is 0 Å². The monoisotopic (exact) mass is 334 g/mol. The first-order valence-corrected chi connectivity index (χ1v) is 8.45. The van der Waals surface area contributed by atoms with E-state index in [0.29, 0.717) is 35.0 Å². The number of rotatable bonds is 7. The largest absolute Gasteiger partial charge is 0.461 e. The molecule has 2 rings (SSSR count). The molecule has 0 bridgehead atoms. The van der Waals surface area contributed by atoms with Gasteiger partial charge in [0.1, 0.15) is 5.69 Å². The Balaban J connectivity index is 2.27. The van der Waals surface area contributed by atoms with Crippen LogP contribution in [0.15, 0.2) is 0 Å². The summed E-state index contributed by atoms with van der Waals surface area (Å²) in [5.74, 6) is -0.203. The Labute approximate surface area is 142 Å². The number of hydrogen-bond acceptors (Lipinski definition) is 4. The van der Waals surface area contributed by atoms with E-state index in [4.69, 9.17) is 4.74 Å². The molecule has 1 aromatic heterocycles. The Hall–Kier alpha value is -2.11. The van der Waals surface area contributed by atoms with Crippen LogP contribution >= 0.6 is 0 Å². The number of ether oxygens (including phenoxy) is 1. The molecule has 1 aliphatic carbocycles. The van der Waals surface area contributed by atoms with E-state index >= 15 is 0 Å². The van der Waals surface area contributed by atoms with E-state index in [1.165, 1.54) is 6.92 Å². The Kier molecular flexibility index (Phi) is 5.47. The molecule has 1 fully saturated rings. The third-order valence-electron chi connectivity index (χ3n) is 4.57. The number of ketones is 1. The summed E-state index contributed by atoms with van der Waals surface area (Å²) >= 11 is 0. The summed E-state index contributed by atoms with van der Waals surface area (Å²) in [5, 5.41) is 0. The first-order chi connectivity index (χ1) is 11.3. The lowest BCUT2D eigenvalue weighted by molar-refractivity contribution is -0.130. The molecule has 1 atom stereocenters. The average Bonchev–Trinajstić information content (AvgIpc) is 3.28. The fourth-order valence-corrected chi connectivity index (χ4v) is 3.02. The second-order valence-corrected chi connectivity index (χ2v) is 6.50. The van der Waals surface area contributed by atoms with Crippen molar-refractivity contribution in [1.29, 1.82) is 0 Å². The van der Waals surface area contributed by atoms with Crippen LogP contribution in [0.4, 0.5) is 0 Å². The van der Waals surface area contributed by atoms with Crippen molar-refractivity contribution in [3.63, 3.8) is 0 Å². The topological polar surface area (TPSA) is 79.5 Å². The lowest BCUT2D eigenvalue weighted by Gasteiger charge is -2.27. The molecule has 6 nitrogen and oxygen atoms in total. The molecule has 1 aliphatic rings. The van der Waals surface area contributed by atoms with Gasteiger partial charge in [0.2, 0.25) is 5.91 Å². The van der Waals surface area contributed by atoms with Gasteiger partial charge in [-0.15, -0.1) is 0 Å². The van der Waals surface area contributed by atoms with Gasteiger partial charge in [-0.3, -0.25) is 9.59 Å². The first kappa shape index (κ1) is 18.2. The van der Waals surface area contributed by atoms with Gasteiger partial charge in [0.05, 0.1) is 12.6 Å². The molecular formula is C18H26N2O4. The molecule has 1 aromatic rings. The van der Waals surface area contributed by atoms with Crippen LogP contribution in [0.1, 0.15) is 65.7 Å². The molecule has 132 valence electrons. The third-order valence-corrected chi connectivity index (χ3v) is 4.57. The summed E-state index contributed by atoms with van der Waals surface area (Å²) in [6.07, 6.45) is 2.22. The summed E-state index contributed by atoms with van der Waals surface area (Å²) < 4.78 is 5.02. The molecule has 1 unspecified atom stereocenters. The lowest BCUT2D eigenvalue weighted by Crippen LogP contribution is -2.43. The summed E-state index contributed by atoms with van der Waals surface area (Å²) in [6.45, 7) is 9.36. The van der Waals surface area contributed by atoms with Gasteiger partial charge < -0.3 is 14.6 Å². The normalized spacial score (nSPS) is 15.0. The molecule has 1 amide bonds. The van der Waals surface area contributed by atoms with E-state index in [-0.39, 0.29) is 18.3 Å². The zero-order valence-electron chi connectivity index (χ0n) is 15.1. The van der Waals surface area contributed by atoms with Crippen molar-refractivity contribution in [3.8, 4) is 0 Å². The SMILES string of the molecule is CCOC(=O)c1[nH]c(C)c(C(=O)C(C)N(CC2CC2)C(C)=O)c1C. The van der Waals surface area contributed by atoms with Gasteiger partial charge >= 0.3 is 5.97 Å². The maximum atomic E-state index is 13.0. The van der Waals surface area contributed by atoms with E-state index in [2.05, 4.69) is 4.98 Å². The zero-order valence-corrected chi connectivity index (χ0v) is 15.1. The van der Waals surface area contributed by atoms with Crippen LogP contribution in [-0.2, 0) is 9.53 Å². The maximum Gasteiger partial charge on any atom is 0.355 e. The molecule has 0 saturated heterocycles. The molecular weight excluding hydrogens is 308 g/mol. The molecule has 0 aliphatic heterocycles. The number of nitrogens with one attached hydrogen (secondary N) is 1. The number of aryl methyl sites for hydroxylation is 1. The van der Waals surface area contributed by atoms with Crippen LogP contribution in [0.5, 0.6) is 0 Å². The smallest absolute Gasteiger partial charge is 0.355 e. The van der Waals surface area contributed by atoms with E-state index in [9.17, 15) is 14.4 Å². The second-order valence-electron chi connectivity index (χ2n) is 6.50. The van der Waals surface area contributed by atoms with Crippen molar-refractivity contribution in [3.05, 3.63) is 22.5 Å². The third kappa shape index (κ3) is 3.68. The van der Waals surface area contributed by atoms with E-state index in [0.717, 1.165) is 12.8 Å². The van der Waals surface area contributed by atoms with Crippen molar-refractivity contribution in [2.45, 2.75) is 53.5 Å². The predicted molar refractivity (Wildman–Crippen MR) is 90.1 cm³/mol. The van der Waals surface area contributed by atoms with Crippen molar-refractivity contribution in [2.24, 2.45) is 5.92 Å². The number of aromatic amines is 1. The van der Waals surface area contributed by atoms with Crippen LogP contribution in [0, 0.1) is 19.8 Å². The molecule has 0 aromatic carbocycles. The van der Waals surface area contributed by atoms with Gasteiger partial charge in [0, 0.05) is 24.7 Å². The fourth-order valence-electron chi connectivity index (χ4n) is 3.02. The van der Waals surface area contributed by atoms with Crippen LogP contribution in [-0.4, -0.2) is 46.7 Å². The van der Waals surface area contributed by atoms with Crippen LogP contribution < -0.4 is 0 Å². The lowest BCUT2D eigenvalue weighted by atomic mass is 9.99. The zero-order chi connectivity index (χ0) is 18.0. The van der Waals surface area contributed by atoms with Gasteiger partial charge in [-0.05, 0) is 52.0 Å². The highest BCUT2D eigenvalue weighted by Gasteiger charge is 2.33. The molecule has 1 heterocycles. The summed E-state index contributed by atoms with van der Waals surface area (Å²) in [5.41, 5.74) is 1.99. The van der Waals surface area contributed by atoms with Gasteiger partial charge in [-0.2, -0.15) is 0 Å². The summed E-state index contributed by atoms with van der Waals surface area (Å²) in [7, 11) is 0. The van der Waals surface area contributed by atoms with E-state index < -0.39 is 12.0 Å². The number of esters is 1. The minimum atomic E-state index is -0.550. The van der Waals surface area contributed by atoms with Crippen molar-refractivity contribution in [1.82, 2.24) is 9.88 Å². The van der Waals surface area contributed by atoms with Gasteiger partial charge in [-0.25, -0.2) is 4.79 Å². The van der Waals surface area contributed by atoms with Crippen molar-refractivity contribution in [2.75, 3.05) is 13.2 Å². The number of carbonyl (C=O) groups is 3. The van der Waals surface area contributed by atoms with Crippen molar-refractivity contribution < 1.29 is 19.1 Å². The quantitative estimate of drug-likeness (QED) is 0.614. The molecule has 0 spiro atoms. The van der Waals surface area contributed by atoms with Crippen molar-refractivity contribution >= 4 is 17.7 Å². The number of aromatic nitrogens is 1. The van der Waals surface area contributed by atoms with Crippen LogP contribution in [0.25, 0.3) is 0 Å². The Bertz CT molecular complexity index is 658. The number of Topliss-reactive ketones (excluding diaryl/α,β-unsaturated/α-hetero) is 1. The minimum Gasteiger partial charge on any atom is -0.461 e. The molecule has 24 heavy (non-hydrogen) atoms. The van der Waals surface area contributed by atoms with Gasteiger partial charge in [0.15, 0.2) is 5.78 Å². The van der Waals surface area contributed by atoms with E-state index in [1.54, 1.807) is 32.6 Å². The predicted octanol–water partition coefficient (Wildman–Crippen LogP) is 2.64. The first-order valence-electron chi connectivity index (χ1n) is 8.45. The maximum absolute atomic E-state index is 13.0. The van der Waals surface area contributed by atoms with E-state index in [1.807, 2.05) is 0 Å². The Morgan fingerprint density at radius 3 is 2.42 bits per heavy atom. The minimum absolute atomic E-state index is 0.0980. The molecule has 6 heteroatoms. The molecule has 1 saturated carbocycles. The van der Waals surface area contributed by atoms with Crippen LogP contribution in [0.3, 0.4) is 0 Å². The Morgan fingerprint density at radius 1 is 1.29 bits per heavy atom.